The molecular weight excluding hydrogens is 378 g/mol. The first-order valence-corrected chi connectivity index (χ1v) is 11.1. The molecule has 1 aromatic rings. The zero-order valence-corrected chi connectivity index (χ0v) is 16.4. The first-order valence-electron chi connectivity index (χ1n) is 9.15. The summed E-state index contributed by atoms with van der Waals surface area (Å²) < 4.78 is 36.6. The molecule has 144 valence electrons. The van der Waals surface area contributed by atoms with Crippen LogP contribution < -0.4 is 4.90 Å². The molecule has 0 amide bonds. The molecule has 1 atom stereocenters. The number of rotatable bonds is 4. The van der Waals surface area contributed by atoms with Gasteiger partial charge in [-0.15, -0.1) is 0 Å². The van der Waals surface area contributed by atoms with Crippen molar-refractivity contribution in [1.82, 2.24) is 9.97 Å². The number of nitrogens with zero attached hydrogens (tertiary/aromatic N) is 3. The minimum Gasteiger partial charge on any atom is -0.381 e. The number of aromatic nitrogens is 2. The summed E-state index contributed by atoms with van der Waals surface area (Å²) in [5.41, 5.74) is 0.515. The lowest BCUT2D eigenvalue weighted by molar-refractivity contribution is 0.0728. The highest BCUT2D eigenvalue weighted by atomic mass is 35.5. The number of hydrogen-bond acceptors (Lipinski definition) is 7. The van der Waals surface area contributed by atoms with Crippen LogP contribution >= 0.6 is 11.6 Å². The van der Waals surface area contributed by atoms with Gasteiger partial charge in [0.25, 0.3) is 0 Å². The first-order chi connectivity index (χ1) is 12.4. The number of sulfone groups is 1. The van der Waals surface area contributed by atoms with Gasteiger partial charge in [0.2, 0.25) is 5.28 Å². The summed E-state index contributed by atoms with van der Waals surface area (Å²) in [5, 5.41) is -0.173. The van der Waals surface area contributed by atoms with E-state index >= 15 is 0 Å². The minimum absolute atomic E-state index is 0.0908. The van der Waals surface area contributed by atoms with E-state index in [1.807, 2.05) is 6.07 Å². The van der Waals surface area contributed by atoms with E-state index in [2.05, 4.69) is 21.8 Å². The Bertz CT molecular complexity index is 778. The predicted molar refractivity (Wildman–Crippen MR) is 98.3 cm³/mol. The van der Waals surface area contributed by atoms with Crippen molar-refractivity contribution in [3.63, 3.8) is 0 Å². The van der Waals surface area contributed by atoms with Gasteiger partial charge in [-0.25, -0.2) is 18.4 Å². The Balaban J connectivity index is 1.79. The molecule has 3 aliphatic rings. The highest BCUT2D eigenvalue weighted by Crippen LogP contribution is 2.47. The highest BCUT2D eigenvalue weighted by molar-refractivity contribution is 7.93. The Hall–Kier alpha value is -0.960. The molecule has 2 aliphatic heterocycles. The van der Waals surface area contributed by atoms with Crippen LogP contribution in [0.1, 0.15) is 38.3 Å². The van der Waals surface area contributed by atoms with Crippen molar-refractivity contribution < 1.29 is 17.9 Å². The van der Waals surface area contributed by atoms with Gasteiger partial charge < -0.3 is 14.4 Å². The van der Waals surface area contributed by atoms with Gasteiger partial charge in [0.15, 0.2) is 9.84 Å². The van der Waals surface area contributed by atoms with Crippen molar-refractivity contribution in [2.75, 3.05) is 37.9 Å². The average molecular weight is 402 g/mol. The maximum absolute atomic E-state index is 13.3. The third-order valence-electron chi connectivity index (χ3n) is 5.62. The van der Waals surface area contributed by atoms with Crippen molar-refractivity contribution in [1.29, 1.82) is 0 Å². The molecule has 0 bridgehead atoms. The van der Waals surface area contributed by atoms with Gasteiger partial charge in [0.1, 0.15) is 10.6 Å². The standard InChI is InChI=1S/C17H24ClN3O4S/c1-12-11-25-9-6-21(12)15-10-14(19-16(18)20-15)17(4-7-24-8-5-17)26(22,23)13-2-3-13/h10,12-13H,2-9,11H2,1H3. The lowest BCUT2D eigenvalue weighted by Gasteiger charge is -2.38. The second-order valence-electron chi connectivity index (χ2n) is 7.35. The summed E-state index contributed by atoms with van der Waals surface area (Å²) in [6.45, 7) is 4.80. The summed E-state index contributed by atoms with van der Waals surface area (Å²) >= 11 is 6.24. The Morgan fingerprint density at radius 3 is 2.58 bits per heavy atom. The van der Waals surface area contributed by atoms with Gasteiger partial charge >= 0.3 is 0 Å². The van der Waals surface area contributed by atoms with E-state index in [9.17, 15) is 8.42 Å². The molecule has 1 aromatic heterocycles. The van der Waals surface area contributed by atoms with Crippen LogP contribution in [0.2, 0.25) is 5.28 Å². The van der Waals surface area contributed by atoms with Gasteiger partial charge in [0.05, 0.1) is 30.2 Å². The fourth-order valence-corrected chi connectivity index (χ4v) is 6.64. The van der Waals surface area contributed by atoms with Gasteiger partial charge in [-0.05, 0) is 44.2 Å². The lowest BCUT2D eigenvalue weighted by Crippen LogP contribution is -2.46. The second kappa shape index (κ2) is 6.89. The van der Waals surface area contributed by atoms with E-state index < -0.39 is 14.6 Å². The first kappa shape index (κ1) is 18.4. The van der Waals surface area contributed by atoms with Crippen LogP contribution in [0.15, 0.2) is 6.07 Å². The quantitative estimate of drug-likeness (QED) is 0.713. The van der Waals surface area contributed by atoms with E-state index in [1.165, 1.54) is 0 Å². The van der Waals surface area contributed by atoms with Crippen LogP contribution in [-0.4, -0.2) is 62.6 Å². The molecule has 1 unspecified atom stereocenters. The van der Waals surface area contributed by atoms with Crippen molar-refractivity contribution >= 4 is 27.3 Å². The van der Waals surface area contributed by atoms with Crippen molar-refractivity contribution in [2.45, 2.75) is 48.6 Å². The van der Waals surface area contributed by atoms with E-state index in [-0.39, 0.29) is 16.6 Å². The zero-order valence-electron chi connectivity index (χ0n) is 14.9. The van der Waals surface area contributed by atoms with Crippen LogP contribution in [0.5, 0.6) is 0 Å². The van der Waals surface area contributed by atoms with Crippen molar-refractivity contribution in [2.24, 2.45) is 0 Å². The molecule has 26 heavy (non-hydrogen) atoms. The summed E-state index contributed by atoms with van der Waals surface area (Å²) in [4.78, 5) is 10.9. The average Bonchev–Trinajstić information content (AvgIpc) is 3.48. The molecule has 0 spiro atoms. The smallest absolute Gasteiger partial charge is 0.224 e. The van der Waals surface area contributed by atoms with E-state index in [0.717, 1.165) is 12.8 Å². The molecule has 3 heterocycles. The molecule has 0 aromatic carbocycles. The maximum Gasteiger partial charge on any atom is 0.224 e. The fourth-order valence-electron chi connectivity index (χ4n) is 3.94. The molecule has 2 saturated heterocycles. The van der Waals surface area contributed by atoms with E-state index in [0.29, 0.717) is 57.3 Å². The third kappa shape index (κ3) is 3.10. The van der Waals surface area contributed by atoms with Crippen molar-refractivity contribution in [3.05, 3.63) is 17.0 Å². The third-order valence-corrected chi connectivity index (χ3v) is 8.85. The number of anilines is 1. The zero-order chi connectivity index (χ0) is 18.4. The molecule has 9 heteroatoms. The molecule has 1 aliphatic carbocycles. The Morgan fingerprint density at radius 1 is 1.19 bits per heavy atom. The number of hydrogen-bond donors (Lipinski definition) is 0. The Kier molecular flexibility index (Phi) is 4.88. The van der Waals surface area contributed by atoms with Crippen LogP contribution in [0.4, 0.5) is 5.82 Å². The summed E-state index contributed by atoms with van der Waals surface area (Å²) in [6, 6.07) is 1.96. The van der Waals surface area contributed by atoms with Gasteiger partial charge in [-0.1, -0.05) is 0 Å². The maximum atomic E-state index is 13.3. The van der Waals surface area contributed by atoms with Crippen molar-refractivity contribution in [3.8, 4) is 0 Å². The Morgan fingerprint density at radius 2 is 1.92 bits per heavy atom. The van der Waals surface area contributed by atoms with Crippen LogP contribution in [0.3, 0.4) is 0 Å². The summed E-state index contributed by atoms with van der Waals surface area (Å²) in [5.74, 6) is 0.674. The number of morpholine rings is 1. The van der Waals surface area contributed by atoms with E-state index in [4.69, 9.17) is 21.1 Å². The van der Waals surface area contributed by atoms with Gasteiger partial charge in [0, 0.05) is 25.8 Å². The molecule has 7 nitrogen and oxygen atoms in total. The topological polar surface area (TPSA) is 81.6 Å². The van der Waals surface area contributed by atoms with Gasteiger partial charge in [-0.3, -0.25) is 0 Å². The SMILES string of the molecule is CC1COCCN1c1cc(C2(S(=O)(=O)C3CC3)CCOCC2)nc(Cl)n1. The normalized spacial score (nSPS) is 26.7. The molecule has 3 fully saturated rings. The number of halogens is 1. The molecular formula is C17H24ClN3O4S. The molecule has 0 N–H and O–H groups in total. The molecule has 4 rings (SSSR count). The molecule has 0 radical (unpaired) electrons. The fraction of sp³-hybridized carbons (Fsp3) is 0.765. The second-order valence-corrected chi connectivity index (χ2v) is 10.2. The summed E-state index contributed by atoms with van der Waals surface area (Å²) in [7, 11) is -3.35. The predicted octanol–water partition coefficient (Wildman–Crippen LogP) is 1.94. The minimum atomic E-state index is -3.35. The summed E-state index contributed by atoms with van der Waals surface area (Å²) in [6.07, 6.45) is 2.29. The molecule has 1 saturated carbocycles. The monoisotopic (exact) mass is 401 g/mol. The van der Waals surface area contributed by atoms with Crippen LogP contribution in [0.25, 0.3) is 0 Å². The van der Waals surface area contributed by atoms with E-state index in [1.54, 1.807) is 0 Å². The number of ether oxygens (including phenoxy) is 2. The largest absolute Gasteiger partial charge is 0.381 e. The van der Waals surface area contributed by atoms with Crippen LogP contribution in [0, 0.1) is 0 Å². The van der Waals surface area contributed by atoms with Gasteiger partial charge in [-0.2, -0.15) is 0 Å². The van der Waals surface area contributed by atoms with Crippen LogP contribution in [-0.2, 0) is 24.1 Å². The highest BCUT2D eigenvalue weighted by Gasteiger charge is 2.54. The Labute approximate surface area is 159 Å². The lowest BCUT2D eigenvalue weighted by atomic mass is 9.94.